The fourth-order valence-corrected chi connectivity index (χ4v) is 8.70. The number of rotatable bonds is 5. The molecule has 6 saturated heterocycles. The van der Waals surface area contributed by atoms with Gasteiger partial charge < -0.3 is 24.8 Å². The normalized spacial score (nSPS) is 43.4. The smallest absolute Gasteiger partial charge is 0.124 e. The third kappa shape index (κ3) is 4.30. The van der Waals surface area contributed by atoms with E-state index in [9.17, 15) is 0 Å². The summed E-state index contributed by atoms with van der Waals surface area (Å²) in [5.74, 6) is 0.516. The minimum Gasteiger partial charge on any atom is -0.379 e. The van der Waals surface area contributed by atoms with Crippen molar-refractivity contribution in [3.8, 4) is 0 Å². The zero-order valence-electron chi connectivity index (χ0n) is 21.9. The van der Waals surface area contributed by atoms with Crippen molar-refractivity contribution in [3.05, 3.63) is 0 Å². The molecule has 0 radical (unpaired) electrons. The van der Waals surface area contributed by atoms with E-state index in [2.05, 4.69) is 25.3 Å². The molecule has 5 unspecified atom stereocenters. The monoisotopic (exact) mass is 491 g/mol. The Morgan fingerprint density at radius 1 is 0.686 bits per heavy atom. The number of piperidine rings is 3. The highest BCUT2D eigenvalue weighted by Crippen LogP contribution is 2.54. The molecule has 200 valence electrons. The summed E-state index contributed by atoms with van der Waals surface area (Å²) in [6, 6.07) is 0.769. The Labute approximate surface area is 212 Å². The lowest BCUT2D eigenvalue weighted by molar-refractivity contribution is -0.235. The Hall–Kier alpha value is -0.320. The molecule has 35 heavy (non-hydrogen) atoms. The summed E-state index contributed by atoms with van der Waals surface area (Å²) in [5.41, 5.74) is -0.355. The second kappa shape index (κ2) is 11.2. The molecule has 2 N–H and O–H groups in total. The summed E-state index contributed by atoms with van der Waals surface area (Å²) >= 11 is 0. The highest BCUT2D eigenvalue weighted by molar-refractivity contribution is 5.25. The number of hydrogen-bond acceptors (Lipinski definition) is 8. The summed E-state index contributed by atoms with van der Waals surface area (Å²) in [6.45, 7) is 14.0. The quantitative estimate of drug-likeness (QED) is 0.593. The SMILES string of the molecule is C1CCN(C2(N3CCOCC3)C(N3CCOCC3)COC2(C2CCCNC2)C2CCCCN2)CC1. The molecule has 6 heterocycles. The van der Waals surface area contributed by atoms with Crippen LogP contribution in [0, 0.1) is 5.92 Å². The molecule has 8 heteroatoms. The predicted molar refractivity (Wildman–Crippen MR) is 137 cm³/mol. The Bertz CT molecular complexity index is 630. The first-order valence-corrected chi connectivity index (χ1v) is 14.8. The van der Waals surface area contributed by atoms with Crippen molar-refractivity contribution in [1.29, 1.82) is 0 Å². The van der Waals surface area contributed by atoms with Crippen LogP contribution < -0.4 is 10.6 Å². The molecule has 0 bridgehead atoms. The van der Waals surface area contributed by atoms with E-state index in [1.807, 2.05) is 0 Å². The zero-order valence-corrected chi connectivity index (χ0v) is 21.9. The van der Waals surface area contributed by atoms with Crippen LogP contribution in [0.3, 0.4) is 0 Å². The van der Waals surface area contributed by atoms with Gasteiger partial charge in [-0.1, -0.05) is 12.8 Å². The minimum atomic E-state index is -0.224. The van der Waals surface area contributed by atoms with Gasteiger partial charge in [-0.15, -0.1) is 0 Å². The second-order valence-corrected chi connectivity index (χ2v) is 11.7. The lowest BCUT2D eigenvalue weighted by Gasteiger charge is -2.65. The predicted octanol–water partition coefficient (Wildman–Crippen LogP) is 1.11. The number of nitrogens with one attached hydrogen (secondary N) is 2. The van der Waals surface area contributed by atoms with Crippen LogP contribution in [0.2, 0.25) is 0 Å². The van der Waals surface area contributed by atoms with Gasteiger partial charge in [0.15, 0.2) is 0 Å². The molecular weight excluding hydrogens is 442 g/mol. The van der Waals surface area contributed by atoms with Gasteiger partial charge in [0, 0.05) is 57.8 Å². The molecule has 6 rings (SSSR count). The van der Waals surface area contributed by atoms with Crippen molar-refractivity contribution < 1.29 is 14.2 Å². The van der Waals surface area contributed by atoms with Gasteiger partial charge in [0.25, 0.3) is 0 Å². The van der Waals surface area contributed by atoms with Crippen molar-refractivity contribution in [1.82, 2.24) is 25.3 Å². The first-order chi connectivity index (χ1) is 17.4. The average molecular weight is 492 g/mol. The van der Waals surface area contributed by atoms with E-state index < -0.39 is 0 Å². The molecule has 6 aliphatic heterocycles. The Balaban J connectivity index is 1.52. The third-order valence-corrected chi connectivity index (χ3v) is 10.1. The second-order valence-electron chi connectivity index (χ2n) is 11.7. The van der Waals surface area contributed by atoms with Crippen LogP contribution in [0.25, 0.3) is 0 Å². The van der Waals surface area contributed by atoms with Crippen molar-refractivity contribution in [2.75, 3.05) is 91.9 Å². The number of morpholine rings is 2. The van der Waals surface area contributed by atoms with Crippen molar-refractivity contribution in [2.24, 2.45) is 5.92 Å². The maximum absolute atomic E-state index is 7.50. The van der Waals surface area contributed by atoms with E-state index in [1.54, 1.807) is 0 Å². The van der Waals surface area contributed by atoms with E-state index in [-0.39, 0.29) is 11.3 Å². The molecule has 0 aromatic heterocycles. The lowest BCUT2D eigenvalue weighted by Crippen LogP contribution is -2.84. The molecule has 0 spiro atoms. The lowest BCUT2D eigenvalue weighted by atomic mass is 9.64. The van der Waals surface area contributed by atoms with Gasteiger partial charge in [0.2, 0.25) is 0 Å². The van der Waals surface area contributed by atoms with Gasteiger partial charge in [-0.05, 0) is 51.6 Å². The van der Waals surface area contributed by atoms with Crippen LogP contribution in [0.4, 0.5) is 0 Å². The summed E-state index contributed by atoms with van der Waals surface area (Å²) in [4.78, 5) is 8.58. The summed E-state index contributed by atoms with van der Waals surface area (Å²) < 4.78 is 19.3. The number of nitrogens with zero attached hydrogens (tertiary/aromatic N) is 3. The molecule has 6 fully saturated rings. The third-order valence-electron chi connectivity index (χ3n) is 10.1. The minimum absolute atomic E-state index is 0.132. The Morgan fingerprint density at radius 2 is 1.43 bits per heavy atom. The number of likely N-dealkylation sites (tertiary alicyclic amines) is 1. The van der Waals surface area contributed by atoms with Crippen molar-refractivity contribution in [3.63, 3.8) is 0 Å². The summed E-state index contributed by atoms with van der Waals surface area (Å²) in [7, 11) is 0. The molecule has 8 nitrogen and oxygen atoms in total. The van der Waals surface area contributed by atoms with Gasteiger partial charge in [0.05, 0.1) is 39.1 Å². The van der Waals surface area contributed by atoms with Crippen LogP contribution in [0.1, 0.15) is 51.4 Å². The van der Waals surface area contributed by atoms with Crippen LogP contribution in [0.5, 0.6) is 0 Å². The molecule has 0 aliphatic carbocycles. The molecule has 0 saturated carbocycles. The van der Waals surface area contributed by atoms with Crippen LogP contribution in [-0.2, 0) is 14.2 Å². The molecule has 0 amide bonds. The number of hydrogen-bond donors (Lipinski definition) is 2. The van der Waals surface area contributed by atoms with E-state index >= 15 is 0 Å². The highest BCUT2D eigenvalue weighted by atomic mass is 16.5. The zero-order chi connectivity index (χ0) is 23.6. The Kier molecular flexibility index (Phi) is 7.99. The molecular formula is C27H49N5O3. The average Bonchev–Trinajstić information content (AvgIpc) is 3.33. The van der Waals surface area contributed by atoms with Gasteiger partial charge in [-0.2, -0.15) is 0 Å². The maximum Gasteiger partial charge on any atom is 0.124 e. The molecule has 5 atom stereocenters. The van der Waals surface area contributed by atoms with E-state index in [4.69, 9.17) is 14.2 Å². The summed E-state index contributed by atoms with van der Waals surface area (Å²) in [5, 5.41) is 7.89. The standard InChI is InChI=1S/C27H49N5O3/c1-4-11-31(12-5-1)27(32-15-19-34-20-16-32)25(30-13-17-33-18-14-30)22-35-26(27,23-7-6-9-28-21-23)24-8-2-3-10-29-24/h23-25,28-29H,1-22H2. The van der Waals surface area contributed by atoms with Crippen LogP contribution in [-0.4, -0.2) is 130 Å². The Morgan fingerprint density at radius 3 is 2.11 bits per heavy atom. The van der Waals surface area contributed by atoms with Gasteiger partial charge in [-0.3, -0.25) is 14.7 Å². The van der Waals surface area contributed by atoms with Crippen molar-refractivity contribution in [2.45, 2.75) is 74.7 Å². The first-order valence-electron chi connectivity index (χ1n) is 14.8. The van der Waals surface area contributed by atoms with Gasteiger partial charge in [0.1, 0.15) is 11.3 Å². The molecule has 0 aromatic carbocycles. The topological polar surface area (TPSA) is 61.5 Å². The maximum atomic E-state index is 7.50. The largest absolute Gasteiger partial charge is 0.379 e. The van der Waals surface area contributed by atoms with E-state index in [0.717, 1.165) is 78.8 Å². The fourth-order valence-electron chi connectivity index (χ4n) is 8.70. The van der Waals surface area contributed by atoms with Gasteiger partial charge in [-0.25, -0.2) is 0 Å². The fraction of sp³-hybridized carbons (Fsp3) is 1.00. The first kappa shape index (κ1) is 25.0. The molecule has 6 aliphatic rings. The number of ether oxygens (including phenoxy) is 3. The van der Waals surface area contributed by atoms with E-state index in [0.29, 0.717) is 18.0 Å². The highest BCUT2D eigenvalue weighted by Gasteiger charge is 2.73. The molecule has 0 aromatic rings. The van der Waals surface area contributed by atoms with E-state index in [1.165, 1.54) is 64.5 Å². The van der Waals surface area contributed by atoms with Crippen molar-refractivity contribution >= 4 is 0 Å². The van der Waals surface area contributed by atoms with Crippen LogP contribution in [0.15, 0.2) is 0 Å². The summed E-state index contributed by atoms with van der Waals surface area (Å²) in [6.07, 6.45) is 10.3. The van der Waals surface area contributed by atoms with Gasteiger partial charge >= 0.3 is 0 Å². The van der Waals surface area contributed by atoms with Crippen LogP contribution >= 0.6 is 0 Å².